The van der Waals surface area contributed by atoms with E-state index in [4.69, 9.17) is 16.3 Å². The van der Waals surface area contributed by atoms with E-state index < -0.39 is 40.8 Å². The van der Waals surface area contributed by atoms with Crippen LogP contribution in [0.3, 0.4) is 0 Å². The highest BCUT2D eigenvalue weighted by Crippen LogP contribution is 2.40. The van der Waals surface area contributed by atoms with Gasteiger partial charge in [-0.2, -0.15) is 0 Å². The minimum absolute atomic E-state index is 0.0326. The molecule has 44 heavy (non-hydrogen) atoms. The average Bonchev–Trinajstić information content (AvgIpc) is 3.17. The first kappa shape index (κ1) is 32.1. The van der Waals surface area contributed by atoms with Crippen molar-refractivity contribution in [2.24, 2.45) is 10.9 Å². The van der Waals surface area contributed by atoms with Crippen molar-refractivity contribution < 1.29 is 43.6 Å². The molecule has 8 N–H and O–H groups in total. The van der Waals surface area contributed by atoms with Crippen LogP contribution in [0, 0.1) is 0 Å². The van der Waals surface area contributed by atoms with Gasteiger partial charge < -0.3 is 37.2 Å². The van der Waals surface area contributed by atoms with Crippen molar-refractivity contribution in [1.82, 2.24) is 15.2 Å². The first-order valence-corrected chi connectivity index (χ1v) is 14.8. The third kappa shape index (κ3) is 6.86. The van der Waals surface area contributed by atoms with Crippen molar-refractivity contribution >= 4 is 70.4 Å². The van der Waals surface area contributed by atoms with Gasteiger partial charge in [0, 0.05) is 23.8 Å². The number of carboxylic acid groups (broad SMARTS) is 2. The van der Waals surface area contributed by atoms with Crippen LogP contribution in [0.2, 0.25) is 0 Å². The fourth-order valence-electron chi connectivity index (χ4n) is 4.09. The molecule has 16 nitrogen and oxygen atoms in total. The quantitative estimate of drug-likeness (QED) is 0.0842. The van der Waals surface area contributed by atoms with Crippen molar-refractivity contribution in [1.29, 1.82) is 0 Å². The van der Waals surface area contributed by atoms with Crippen LogP contribution in [0.15, 0.2) is 63.2 Å². The Morgan fingerprint density at radius 2 is 2.00 bits per heavy atom. The Balaban J connectivity index is 1.57. The number of β-lactam (4-membered cyclic amide) rings is 1. The second kappa shape index (κ2) is 12.8. The number of oxime groups is 1. The predicted molar refractivity (Wildman–Crippen MR) is 160 cm³/mol. The number of aromatic nitrogens is 2. The van der Waals surface area contributed by atoms with E-state index in [1.807, 2.05) is 0 Å². The third-order valence-electron chi connectivity index (χ3n) is 6.36. The molecule has 0 saturated carbocycles. The first-order valence-electron chi connectivity index (χ1n) is 12.8. The second-order valence-electron chi connectivity index (χ2n) is 10.1. The highest BCUT2D eigenvalue weighted by molar-refractivity contribution is 8.05. The van der Waals surface area contributed by atoms with E-state index in [0.29, 0.717) is 10.6 Å². The number of aliphatic carboxylic acids is 2. The fourth-order valence-corrected chi connectivity index (χ4v) is 6.04. The Hall–Kier alpha value is -4.84. The summed E-state index contributed by atoms with van der Waals surface area (Å²) in [6, 6.07) is -1.11. The van der Waals surface area contributed by atoms with E-state index >= 15 is 0 Å². The normalized spacial score (nSPS) is 20.0. The molecule has 0 bridgehead atoms. The molecule has 2 atom stereocenters. The van der Waals surface area contributed by atoms with Gasteiger partial charge in [-0.3, -0.25) is 19.3 Å². The Bertz CT molecular complexity index is 1600. The molecular formula is C26H29N8O8S2+. The van der Waals surface area contributed by atoms with E-state index in [1.165, 1.54) is 61.1 Å². The maximum Gasteiger partial charge on any atom is 0.352 e. The van der Waals surface area contributed by atoms with Crippen LogP contribution >= 0.6 is 23.5 Å². The van der Waals surface area contributed by atoms with Crippen LogP contribution in [-0.2, 0) is 35.4 Å². The van der Waals surface area contributed by atoms with Crippen LogP contribution in [0.1, 0.15) is 20.8 Å². The number of allylic oxidation sites excluding steroid dienone is 3. The van der Waals surface area contributed by atoms with Crippen LogP contribution in [0.25, 0.3) is 0 Å². The van der Waals surface area contributed by atoms with Crippen molar-refractivity contribution in [3.63, 3.8) is 0 Å². The summed E-state index contributed by atoms with van der Waals surface area (Å²) in [5.41, 5.74) is 10.2. The van der Waals surface area contributed by atoms with E-state index in [2.05, 4.69) is 20.8 Å². The van der Waals surface area contributed by atoms with Crippen molar-refractivity contribution in [2.75, 3.05) is 16.8 Å². The van der Waals surface area contributed by atoms with Gasteiger partial charge in [-0.05, 0) is 30.3 Å². The molecule has 0 spiro atoms. The fraction of sp³-hybridized carbons (Fsp3) is 0.308. The number of nitrogen functional groups attached to an aromatic ring is 1. The number of thioether (sulfide) groups is 2. The summed E-state index contributed by atoms with van der Waals surface area (Å²) >= 11 is 2.34. The topological polar surface area (TPSA) is 244 Å². The number of nitrogens with two attached hydrogens (primary N) is 2. The number of anilines is 2. The van der Waals surface area contributed by atoms with Gasteiger partial charge in [-0.25, -0.2) is 14.2 Å². The minimum atomic E-state index is -1.77. The molecule has 1 aromatic rings. The molecule has 4 rings (SSSR count). The van der Waals surface area contributed by atoms with Crippen LogP contribution < -0.4 is 26.7 Å². The molecule has 1 saturated heterocycles. The number of fused-ring (bicyclic) bond motifs is 1. The lowest BCUT2D eigenvalue weighted by atomic mass is 10.0. The lowest BCUT2D eigenvalue weighted by Crippen LogP contribution is -2.71. The van der Waals surface area contributed by atoms with Gasteiger partial charge in [-0.15, -0.1) is 11.8 Å². The second-order valence-corrected chi connectivity index (χ2v) is 12.2. The van der Waals surface area contributed by atoms with E-state index in [0.717, 1.165) is 16.7 Å². The number of hydrogen-bond acceptors (Lipinski definition) is 12. The maximum absolute atomic E-state index is 13.4. The molecule has 232 valence electrons. The zero-order chi connectivity index (χ0) is 32.3. The summed E-state index contributed by atoms with van der Waals surface area (Å²) in [4.78, 5) is 72.4. The lowest BCUT2D eigenvalue weighted by molar-refractivity contribution is -0.691. The third-order valence-corrected chi connectivity index (χ3v) is 8.48. The smallest absolute Gasteiger partial charge is 0.352 e. The van der Waals surface area contributed by atoms with Crippen LogP contribution in [-0.4, -0.2) is 78.2 Å². The number of nitrogens with one attached hydrogen (secondary N) is 2. The number of carbonyl (C=O) groups excluding carboxylic acids is 3. The van der Waals surface area contributed by atoms with Gasteiger partial charge in [0.25, 0.3) is 24.0 Å². The molecule has 4 heterocycles. The Morgan fingerprint density at radius 1 is 1.27 bits per heavy atom. The van der Waals surface area contributed by atoms with E-state index in [9.17, 15) is 34.2 Å². The number of carboxylic acids is 2. The molecule has 1 fully saturated rings. The highest BCUT2D eigenvalue weighted by Gasteiger charge is 2.54. The zero-order valence-electron chi connectivity index (χ0n) is 23.6. The molecule has 18 heteroatoms. The van der Waals surface area contributed by atoms with Crippen molar-refractivity contribution in [3.8, 4) is 0 Å². The maximum atomic E-state index is 13.4. The van der Waals surface area contributed by atoms with Gasteiger partial charge in [0.15, 0.2) is 11.4 Å². The number of carbonyl (C=O) groups is 5. The van der Waals surface area contributed by atoms with Gasteiger partial charge in [0.1, 0.15) is 29.9 Å². The summed E-state index contributed by atoms with van der Waals surface area (Å²) in [7, 11) is 0. The highest BCUT2D eigenvalue weighted by atomic mass is 32.2. The Labute approximate surface area is 258 Å². The lowest BCUT2D eigenvalue weighted by Gasteiger charge is -2.49. The van der Waals surface area contributed by atoms with E-state index in [1.54, 1.807) is 12.2 Å². The summed E-state index contributed by atoms with van der Waals surface area (Å²) in [6.45, 7) is 3.84. The predicted octanol–water partition coefficient (Wildman–Crippen LogP) is -0.129. The van der Waals surface area contributed by atoms with Crippen molar-refractivity contribution in [3.05, 3.63) is 58.0 Å². The van der Waals surface area contributed by atoms with Gasteiger partial charge in [0.2, 0.25) is 11.5 Å². The van der Waals surface area contributed by atoms with Crippen LogP contribution in [0.4, 0.5) is 11.5 Å². The Kier molecular flexibility index (Phi) is 9.33. The molecule has 3 aliphatic rings. The standard InChI is InChI=1S/C26H28N8O8S2/c1-12(35)30-15-8-33(11-29-20(15)28)7-14-10-44-23-18(22(37)34(23)19(14)24(38)39)31-21(36)17(32-42-26(2,3)25(40)41)13-5-4-6-16(27)43-9-13/h4-6,8-9,11,18,23,28H,7,10,27H2,1-3H3,(H4,30,31,35,36,38,39,40,41)/p+1/b32-17-/t18-,23?/m1/s1. The minimum Gasteiger partial charge on any atom is -0.478 e. The summed E-state index contributed by atoms with van der Waals surface area (Å²) in [5, 5.41) is 29.6. The average molecular weight is 646 g/mol. The molecule has 1 unspecified atom stereocenters. The molecule has 3 aliphatic heterocycles. The molecule has 3 amide bonds. The first-order chi connectivity index (χ1) is 20.7. The number of rotatable bonds is 10. The SMILES string of the molecule is CC(=O)Nc1c[n+](CC2=C(C(=O)O)N3C(=O)[C@@H](NC(=O)/C(=N\OC(C)(C)C(=O)O)C4=CSC(N)=CC=C4)C3SC2)cnc1N. The molecule has 1 aromatic heterocycles. The van der Waals surface area contributed by atoms with E-state index in [-0.39, 0.29) is 46.7 Å². The Morgan fingerprint density at radius 3 is 2.66 bits per heavy atom. The zero-order valence-corrected chi connectivity index (χ0v) is 25.3. The summed E-state index contributed by atoms with van der Waals surface area (Å²) in [6.07, 6.45) is 7.55. The van der Waals surface area contributed by atoms with Gasteiger partial charge in [-0.1, -0.05) is 29.1 Å². The van der Waals surface area contributed by atoms with Crippen LogP contribution in [0.5, 0.6) is 0 Å². The number of nitrogens with zero attached hydrogens (tertiary/aromatic N) is 4. The number of hydrogen-bond donors (Lipinski definition) is 6. The van der Waals surface area contributed by atoms with Gasteiger partial charge in [0.05, 0.1) is 5.03 Å². The largest absolute Gasteiger partial charge is 0.478 e. The number of amides is 3. The van der Waals surface area contributed by atoms with Crippen molar-refractivity contribution in [2.45, 2.75) is 44.3 Å². The molecular weight excluding hydrogens is 616 g/mol. The van der Waals surface area contributed by atoms with Gasteiger partial charge >= 0.3 is 11.9 Å². The summed E-state index contributed by atoms with van der Waals surface area (Å²) < 4.78 is 1.53. The monoisotopic (exact) mass is 645 g/mol. The summed E-state index contributed by atoms with van der Waals surface area (Å²) in [5.74, 6) is -4.26. The molecule has 0 radical (unpaired) electrons. The molecule has 0 aliphatic carbocycles. The molecule has 0 aromatic carbocycles.